The third-order valence-corrected chi connectivity index (χ3v) is 15.5. The molecular weight excluding hydrogens is 939 g/mol. The van der Waals surface area contributed by atoms with Gasteiger partial charge in [-0.05, 0) is 132 Å². The zero-order chi connectivity index (χ0) is 55.4. The molecular formula is C71H80N5O+. The van der Waals surface area contributed by atoms with E-state index in [9.17, 15) is 0 Å². The fraction of sp³-hybridized carbons (Fsp3) is 0.338. The predicted molar refractivity (Wildman–Crippen MR) is 324 cm³/mol. The molecule has 0 bridgehead atoms. The van der Waals surface area contributed by atoms with E-state index in [1.807, 2.05) is 24.7 Å². The van der Waals surface area contributed by atoms with Gasteiger partial charge in [0.05, 0.1) is 17.2 Å². The number of pyridine rings is 2. The molecule has 77 heavy (non-hydrogen) atoms. The van der Waals surface area contributed by atoms with Gasteiger partial charge in [-0.2, -0.15) is 9.13 Å². The van der Waals surface area contributed by atoms with Crippen molar-refractivity contribution < 1.29 is 9.30 Å². The van der Waals surface area contributed by atoms with Gasteiger partial charge in [0.25, 0.3) is 6.33 Å². The van der Waals surface area contributed by atoms with Crippen molar-refractivity contribution in [3.05, 3.63) is 192 Å². The molecule has 10 rings (SSSR count). The summed E-state index contributed by atoms with van der Waals surface area (Å²) in [5.41, 5.74) is 18.3. The highest BCUT2D eigenvalue weighted by Crippen LogP contribution is 2.47. The number of fused-ring (bicyclic) bond motifs is 4. The van der Waals surface area contributed by atoms with Crippen LogP contribution in [0.4, 0.5) is 0 Å². The number of aromatic nitrogens is 5. The highest BCUT2D eigenvalue weighted by atomic mass is 16.5. The molecule has 0 aliphatic carbocycles. The van der Waals surface area contributed by atoms with Gasteiger partial charge in [0.15, 0.2) is 11.0 Å². The molecule has 0 atom stereocenters. The van der Waals surface area contributed by atoms with Crippen LogP contribution in [-0.2, 0) is 32.5 Å². The van der Waals surface area contributed by atoms with Crippen molar-refractivity contribution in [1.29, 1.82) is 0 Å². The van der Waals surface area contributed by atoms with E-state index < -0.39 is 0 Å². The molecule has 0 aliphatic rings. The first-order chi connectivity index (χ1) is 36.0. The van der Waals surface area contributed by atoms with Crippen LogP contribution in [0.1, 0.15) is 158 Å². The van der Waals surface area contributed by atoms with Crippen LogP contribution in [-0.4, -0.2) is 19.1 Å². The number of nitrogens with zero attached hydrogens (tertiary/aromatic N) is 5. The van der Waals surface area contributed by atoms with Crippen molar-refractivity contribution in [2.75, 3.05) is 0 Å². The summed E-state index contributed by atoms with van der Waals surface area (Å²) in [6.45, 7) is 41.8. The van der Waals surface area contributed by atoms with E-state index in [4.69, 9.17) is 14.7 Å². The number of hydrogen-bond acceptors (Lipinski definition) is 3. The van der Waals surface area contributed by atoms with Crippen LogP contribution in [0, 0.1) is 0 Å². The van der Waals surface area contributed by atoms with Crippen LogP contribution < -0.4 is 9.30 Å². The third-order valence-electron chi connectivity index (χ3n) is 15.5. The van der Waals surface area contributed by atoms with Gasteiger partial charge < -0.3 is 4.74 Å². The first-order valence-electron chi connectivity index (χ1n) is 27.6. The smallest absolute Gasteiger partial charge is 0.255 e. The minimum absolute atomic E-state index is 0.0281. The lowest BCUT2D eigenvalue weighted by molar-refractivity contribution is -0.566. The van der Waals surface area contributed by atoms with Crippen LogP contribution in [0.15, 0.2) is 158 Å². The van der Waals surface area contributed by atoms with Crippen LogP contribution in [0.2, 0.25) is 0 Å². The van der Waals surface area contributed by atoms with Crippen LogP contribution >= 0.6 is 0 Å². The standard InChI is InChI=1S/C71H80N5O/c1-66(2,3)45-26-30-58(70(13,14)15)54(36-45)56-38-48(69(10,11)12)39-57(55-37-46(67(4,5)6)27-31-59(55)71(16,17)18)65(56)75-44-74(61-33-34-72-43-63(61)75)49-22-21-23-50(41-49)77-51-28-29-53-52-24-19-20-25-60(52)76(62(53)42-51)64-40-47(32-35-73-64)68(7,8)9/h19-44H,1-18H3/q+1. The summed E-state index contributed by atoms with van der Waals surface area (Å²) < 4.78 is 13.9. The lowest BCUT2D eigenvalue weighted by atomic mass is 9.74. The second-order valence-corrected chi connectivity index (χ2v) is 27.7. The Morgan fingerprint density at radius 2 is 0.961 bits per heavy atom. The highest BCUT2D eigenvalue weighted by Gasteiger charge is 2.34. The van der Waals surface area contributed by atoms with E-state index in [1.54, 1.807) is 0 Å². The molecule has 10 aromatic rings. The molecule has 0 saturated carbocycles. The summed E-state index contributed by atoms with van der Waals surface area (Å²) in [6, 6.07) is 49.4. The van der Waals surface area contributed by atoms with E-state index in [1.165, 1.54) is 61.0 Å². The minimum atomic E-state index is -0.162. The van der Waals surface area contributed by atoms with Crippen molar-refractivity contribution in [3.63, 3.8) is 0 Å². The van der Waals surface area contributed by atoms with Gasteiger partial charge in [0.1, 0.15) is 28.7 Å². The molecule has 0 N–H and O–H groups in total. The first-order valence-corrected chi connectivity index (χ1v) is 27.6. The molecule has 6 nitrogen and oxygen atoms in total. The quantitative estimate of drug-likeness (QED) is 0.150. The molecule has 0 unspecified atom stereocenters. The molecule has 0 radical (unpaired) electrons. The monoisotopic (exact) mass is 1020 g/mol. The van der Waals surface area contributed by atoms with E-state index in [0.717, 1.165) is 56.1 Å². The SMILES string of the molecule is CC(C)(C)c1ccnc(-n2c3ccccc3c3ccc(Oc4cccc(-n5c[n+](-c6c(-c7cc(C(C)(C)C)ccc7C(C)(C)C)cc(C(C)(C)C)cc6-c6cc(C(C)(C)C)ccc6C(C)(C)C)c6cnccc65)c4)cc32)c1. The molecule has 0 fully saturated rings. The average molecular weight is 1020 g/mol. The van der Waals surface area contributed by atoms with Crippen LogP contribution in [0.5, 0.6) is 11.5 Å². The second-order valence-electron chi connectivity index (χ2n) is 27.7. The van der Waals surface area contributed by atoms with Gasteiger partial charge in [-0.3, -0.25) is 9.55 Å². The molecule has 6 aromatic carbocycles. The molecule has 0 spiro atoms. The lowest BCUT2D eigenvalue weighted by Crippen LogP contribution is -2.32. The number of hydrogen-bond donors (Lipinski definition) is 0. The summed E-state index contributed by atoms with van der Waals surface area (Å²) in [4.78, 5) is 9.80. The Hall–Kier alpha value is -7.31. The average Bonchev–Trinajstić information content (AvgIpc) is 3.98. The summed E-state index contributed by atoms with van der Waals surface area (Å²) in [5.74, 6) is 2.37. The maximum atomic E-state index is 6.92. The Labute approximate surface area is 458 Å². The zero-order valence-corrected chi connectivity index (χ0v) is 49.2. The number of para-hydroxylation sites is 1. The molecule has 4 aromatic heterocycles. The summed E-state index contributed by atoms with van der Waals surface area (Å²) in [6.07, 6.45) is 8.15. The largest absolute Gasteiger partial charge is 0.457 e. The van der Waals surface area contributed by atoms with Crippen LogP contribution in [0.3, 0.4) is 0 Å². The molecule has 394 valence electrons. The molecule has 6 heteroatoms. The van der Waals surface area contributed by atoms with Gasteiger partial charge in [0.2, 0.25) is 0 Å². The molecule has 0 amide bonds. The zero-order valence-electron chi connectivity index (χ0n) is 49.2. The van der Waals surface area contributed by atoms with Crippen molar-refractivity contribution in [3.8, 4) is 50.9 Å². The van der Waals surface area contributed by atoms with Crippen molar-refractivity contribution >= 4 is 32.8 Å². The molecule has 4 heterocycles. The Morgan fingerprint density at radius 3 is 1.55 bits per heavy atom. The number of imidazole rings is 1. The van der Waals surface area contributed by atoms with E-state index in [2.05, 4.69) is 272 Å². The van der Waals surface area contributed by atoms with Crippen molar-refractivity contribution in [1.82, 2.24) is 19.1 Å². The molecule has 0 aliphatic heterocycles. The Kier molecular flexibility index (Phi) is 12.9. The lowest BCUT2D eigenvalue weighted by Gasteiger charge is -2.31. The number of ether oxygens (including phenoxy) is 1. The van der Waals surface area contributed by atoms with E-state index in [0.29, 0.717) is 0 Å². The maximum absolute atomic E-state index is 6.92. The van der Waals surface area contributed by atoms with E-state index in [-0.39, 0.29) is 32.5 Å². The fourth-order valence-corrected chi connectivity index (χ4v) is 11.0. The highest BCUT2D eigenvalue weighted by molar-refractivity contribution is 6.09. The maximum Gasteiger partial charge on any atom is 0.255 e. The summed E-state index contributed by atoms with van der Waals surface area (Å²) in [5, 5.41) is 2.32. The van der Waals surface area contributed by atoms with Gasteiger partial charge >= 0.3 is 0 Å². The van der Waals surface area contributed by atoms with Crippen molar-refractivity contribution in [2.45, 2.75) is 157 Å². The third kappa shape index (κ3) is 10.1. The van der Waals surface area contributed by atoms with E-state index >= 15 is 0 Å². The second kappa shape index (κ2) is 18.7. The molecule has 0 saturated heterocycles. The number of rotatable bonds is 7. The summed E-state index contributed by atoms with van der Waals surface area (Å²) in [7, 11) is 0. The fourth-order valence-electron chi connectivity index (χ4n) is 11.0. The van der Waals surface area contributed by atoms with Gasteiger partial charge in [-0.15, -0.1) is 0 Å². The normalized spacial score (nSPS) is 13.1. The topological polar surface area (TPSA) is 48.8 Å². The van der Waals surface area contributed by atoms with Crippen molar-refractivity contribution in [2.24, 2.45) is 0 Å². The Bertz CT molecular complexity index is 3800. The predicted octanol–water partition coefficient (Wildman–Crippen LogP) is 18.7. The first kappa shape index (κ1) is 53.1. The minimum Gasteiger partial charge on any atom is -0.457 e. The van der Waals surface area contributed by atoms with Crippen LogP contribution in [0.25, 0.3) is 72.3 Å². The van der Waals surface area contributed by atoms with Gasteiger partial charge in [0, 0.05) is 52.5 Å². The van der Waals surface area contributed by atoms with Gasteiger partial charge in [-0.25, -0.2) is 4.98 Å². The van der Waals surface area contributed by atoms with Gasteiger partial charge in [-0.1, -0.05) is 185 Å². The summed E-state index contributed by atoms with van der Waals surface area (Å²) >= 11 is 0. The Balaban J connectivity index is 1.21. The number of benzene rings is 6. The Morgan fingerprint density at radius 1 is 0.416 bits per heavy atom.